The van der Waals surface area contributed by atoms with E-state index in [9.17, 15) is 14.0 Å². The molecule has 0 aliphatic heterocycles. The van der Waals surface area contributed by atoms with Crippen LogP contribution >= 0.6 is 0 Å². The predicted molar refractivity (Wildman–Crippen MR) is 88.2 cm³/mol. The van der Waals surface area contributed by atoms with Gasteiger partial charge < -0.3 is 10.2 Å². The standard InChI is InChI=1S/C18H20FN3O2/c1-13(18(24)21-11-15-7-9-20-10-8-15)22(14(2)23)12-16-3-5-17(19)6-4-16/h3-10,13H,11-12H2,1-2H3,(H,21,24)/t13-/m0/s1. The zero-order chi connectivity index (χ0) is 17.5. The van der Waals surface area contributed by atoms with Crippen LogP contribution in [-0.2, 0) is 22.7 Å². The Morgan fingerprint density at radius 2 is 1.75 bits per heavy atom. The van der Waals surface area contributed by atoms with Crippen LogP contribution in [0, 0.1) is 5.82 Å². The van der Waals surface area contributed by atoms with Crippen LogP contribution in [0.4, 0.5) is 4.39 Å². The van der Waals surface area contributed by atoms with Gasteiger partial charge in [-0.2, -0.15) is 0 Å². The molecule has 5 nitrogen and oxygen atoms in total. The number of halogens is 1. The van der Waals surface area contributed by atoms with E-state index < -0.39 is 6.04 Å². The fourth-order valence-electron chi connectivity index (χ4n) is 2.29. The second kappa shape index (κ2) is 8.19. The smallest absolute Gasteiger partial charge is 0.242 e. The Kier molecular flexibility index (Phi) is 6.01. The third kappa shape index (κ3) is 4.87. The Hall–Kier alpha value is -2.76. The summed E-state index contributed by atoms with van der Waals surface area (Å²) in [5, 5.41) is 2.81. The Balaban J connectivity index is 1.99. The van der Waals surface area contributed by atoms with E-state index in [1.54, 1.807) is 31.5 Å². The minimum atomic E-state index is -0.630. The van der Waals surface area contributed by atoms with Crippen LogP contribution in [0.15, 0.2) is 48.8 Å². The van der Waals surface area contributed by atoms with Gasteiger partial charge in [-0.1, -0.05) is 12.1 Å². The first-order chi connectivity index (χ1) is 11.5. The number of carbonyl (C=O) groups is 2. The topological polar surface area (TPSA) is 62.3 Å². The number of benzene rings is 1. The zero-order valence-corrected chi connectivity index (χ0v) is 13.7. The van der Waals surface area contributed by atoms with Crippen molar-refractivity contribution in [3.63, 3.8) is 0 Å². The van der Waals surface area contributed by atoms with Gasteiger partial charge in [0.1, 0.15) is 11.9 Å². The average Bonchev–Trinajstić information content (AvgIpc) is 2.59. The second-order valence-corrected chi connectivity index (χ2v) is 5.52. The number of nitrogens with zero attached hydrogens (tertiary/aromatic N) is 2. The summed E-state index contributed by atoms with van der Waals surface area (Å²) in [5.41, 5.74) is 1.69. The fraction of sp³-hybridized carbons (Fsp3) is 0.278. The van der Waals surface area contributed by atoms with E-state index in [2.05, 4.69) is 10.3 Å². The summed E-state index contributed by atoms with van der Waals surface area (Å²) in [5.74, 6) is -0.800. The Bertz CT molecular complexity index is 689. The van der Waals surface area contributed by atoms with Crippen LogP contribution in [0.5, 0.6) is 0 Å². The molecule has 24 heavy (non-hydrogen) atoms. The maximum absolute atomic E-state index is 13.0. The first kappa shape index (κ1) is 17.6. The second-order valence-electron chi connectivity index (χ2n) is 5.52. The molecule has 1 aromatic heterocycles. The number of hydrogen-bond acceptors (Lipinski definition) is 3. The molecule has 1 heterocycles. The molecule has 0 radical (unpaired) electrons. The van der Waals surface area contributed by atoms with Crippen molar-refractivity contribution in [3.8, 4) is 0 Å². The monoisotopic (exact) mass is 329 g/mol. The number of hydrogen-bond donors (Lipinski definition) is 1. The highest BCUT2D eigenvalue weighted by Crippen LogP contribution is 2.10. The third-order valence-corrected chi connectivity index (χ3v) is 3.73. The molecule has 2 amide bonds. The highest BCUT2D eigenvalue weighted by atomic mass is 19.1. The van der Waals surface area contributed by atoms with E-state index in [4.69, 9.17) is 0 Å². The molecule has 0 aliphatic carbocycles. The summed E-state index contributed by atoms with van der Waals surface area (Å²) >= 11 is 0. The largest absolute Gasteiger partial charge is 0.350 e. The molecule has 2 aromatic rings. The third-order valence-electron chi connectivity index (χ3n) is 3.73. The molecule has 0 spiro atoms. The lowest BCUT2D eigenvalue weighted by atomic mass is 10.1. The number of aromatic nitrogens is 1. The van der Waals surface area contributed by atoms with Gasteiger partial charge in [0.25, 0.3) is 0 Å². The van der Waals surface area contributed by atoms with E-state index in [1.165, 1.54) is 24.0 Å². The highest BCUT2D eigenvalue weighted by molar-refractivity contribution is 5.86. The molecule has 0 fully saturated rings. The lowest BCUT2D eigenvalue weighted by molar-refractivity contribution is -0.139. The van der Waals surface area contributed by atoms with Crippen LogP contribution in [0.25, 0.3) is 0 Å². The first-order valence-electron chi connectivity index (χ1n) is 7.65. The molecule has 0 bridgehead atoms. The van der Waals surface area contributed by atoms with Crippen molar-refractivity contribution >= 4 is 11.8 Å². The van der Waals surface area contributed by atoms with Crippen molar-refractivity contribution in [1.29, 1.82) is 0 Å². The molecule has 0 unspecified atom stereocenters. The van der Waals surface area contributed by atoms with Crippen molar-refractivity contribution in [2.24, 2.45) is 0 Å². The van der Waals surface area contributed by atoms with Crippen molar-refractivity contribution in [3.05, 3.63) is 65.7 Å². The normalized spacial score (nSPS) is 11.6. The predicted octanol–water partition coefficient (Wildman–Crippen LogP) is 2.27. The molecule has 0 aliphatic rings. The van der Waals surface area contributed by atoms with E-state index in [1.807, 2.05) is 12.1 Å². The van der Waals surface area contributed by atoms with Crippen molar-refractivity contribution in [2.45, 2.75) is 33.0 Å². The van der Waals surface area contributed by atoms with Crippen LogP contribution in [0.1, 0.15) is 25.0 Å². The van der Waals surface area contributed by atoms with Crippen LogP contribution in [0.2, 0.25) is 0 Å². The fourth-order valence-corrected chi connectivity index (χ4v) is 2.29. The summed E-state index contributed by atoms with van der Waals surface area (Å²) in [6.07, 6.45) is 3.31. The van der Waals surface area contributed by atoms with Gasteiger partial charge in [0, 0.05) is 32.4 Å². The number of rotatable bonds is 6. The van der Waals surface area contributed by atoms with Crippen molar-refractivity contribution in [2.75, 3.05) is 0 Å². The zero-order valence-electron chi connectivity index (χ0n) is 13.7. The molecule has 0 saturated carbocycles. The lowest BCUT2D eigenvalue weighted by Crippen LogP contribution is -2.46. The van der Waals surface area contributed by atoms with E-state index in [0.717, 1.165) is 11.1 Å². The molecule has 0 saturated heterocycles. The number of carbonyl (C=O) groups excluding carboxylic acids is 2. The minimum absolute atomic E-state index is 0.217. The number of pyridine rings is 1. The number of nitrogens with one attached hydrogen (secondary N) is 1. The number of amides is 2. The Morgan fingerprint density at radius 1 is 1.12 bits per heavy atom. The van der Waals surface area contributed by atoms with Gasteiger partial charge in [-0.05, 0) is 42.3 Å². The Morgan fingerprint density at radius 3 is 2.33 bits per heavy atom. The van der Waals surface area contributed by atoms with Crippen molar-refractivity contribution in [1.82, 2.24) is 15.2 Å². The molecular weight excluding hydrogens is 309 g/mol. The van der Waals surface area contributed by atoms with Gasteiger partial charge in [0.2, 0.25) is 11.8 Å². The van der Waals surface area contributed by atoms with E-state index in [0.29, 0.717) is 6.54 Å². The van der Waals surface area contributed by atoms with Gasteiger partial charge in [-0.15, -0.1) is 0 Å². The molecule has 1 atom stereocenters. The maximum Gasteiger partial charge on any atom is 0.242 e. The quantitative estimate of drug-likeness (QED) is 0.884. The van der Waals surface area contributed by atoms with Gasteiger partial charge in [-0.25, -0.2) is 4.39 Å². The van der Waals surface area contributed by atoms with Gasteiger partial charge in [0.15, 0.2) is 0 Å². The van der Waals surface area contributed by atoms with Crippen molar-refractivity contribution < 1.29 is 14.0 Å². The molecular formula is C18H20FN3O2. The summed E-state index contributed by atoms with van der Waals surface area (Å²) < 4.78 is 13.0. The molecule has 126 valence electrons. The lowest BCUT2D eigenvalue weighted by Gasteiger charge is -2.27. The SMILES string of the molecule is CC(=O)N(Cc1ccc(F)cc1)[C@@H](C)C(=O)NCc1ccncc1. The van der Waals surface area contributed by atoms with E-state index in [-0.39, 0.29) is 24.2 Å². The summed E-state index contributed by atoms with van der Waals surface area (Å²) in [4.78, 5) is 29.6. The van der Waals surface area contributed by atoms with Gasteiger partial charge >= 0.3 is 0 Å². The maximum atomic E-state index is 13.0. The summed E-state index contributed by atoms with van der Waals surface area (Å²) in [6.45, 7) is 3.70. The van der Waals surface area contributed by atoms with Crippen LogP contribution in [0.3, 0.4) is 0 Å². The van der Waals surface area contributed by atoms with Crippen LogP contribution < -0.4 is 5.32 Å². The molecule has 2 rings (SSSR count). The summed E-state index contributed by atoms with van der Waals surface area (Å²) in [6, 6.07) is 8.87. The highest BCUT2D eigenvalue weighted by Gasteiger charge is 2.23. The molecule has 1 aromatic carbocycles. The van der Waals surface area contributed by atoms with E-state index >= 15 is 0 Å². The summed E-state index contributed by atoms with van der Waals surface area (Å²) in [7, 11) is 0. The average molecular weight is 329 g/mol. The first-order valence-corrected chi connectivity index (χ1v) is 7.65. The molecule has 6 heteroatoms. The van der Waals surface area contributed by atoms with Gasteiger partial charge in [0.05, 0.1) is 0 Å². The van der Waals surface area contributed by atoms with Crippen LogP contribution in [-0.4, -0.2) is 27.7 Å². The molecule has 1 N–H and O–H groups in total. The Labute approximate surface area is 140 Å². The minimum Gasteiger partial charge on any atom is -0.350 e. The van der Waals surface area contributed by atoms with Gasteiger partial charge in [-0.3, -0.25) is 14.6 Å².